The van der Waals surface area contributed by atoms with Crippen molar-refractivity contribution in [1.82, 2.24) is 10.2 Å². The Morgan fingerprint density at radius 3 is 2.50 bits per heavy atom. The van der Waals surface area contributed by atoms with Crippen molar-refractivity contribution in [3.05, 3.63) is 65.7 Å². The fraction of sp³-hybridized carbons (Fsp3) is 0.455. The van der Waals surface area contributed by atoms with E-state index < -0.39 is 6.10 Å². The van der Waals surface area contributed by atoms with E-state index in [0.717, 1.165) is 31.3 Å². The van der Waals surface area contributed by atoms with Crippen LogP contribution in [0.1, 0.15) is 24.0 Å². The molecule has 4 heteroatoms. The third-order valence-electron chi connectivity index (χ3n) is 4.64. The van der Waals surface area contributed by atoms with Gasteiger partial charge in [0.1, 0.15) is 18.5 Å². The fourth-order valence-electron chi connectivity index (χ4n) is 3.01. The summed E-state index contributed by atoms with van der Waals surface area (Å²) in [5.74, 6) is 1.71. The van der Waals surface area contributed by atoms with Gasteiger partial charge >= 0.3 is 0 Å². The fourth-order valence-corrected chi connectivity index (χ4v) is 3.01. The summed E-state index contributed by atoms with van der Waals surface area (Å²) in [6.07, 6.45) is 2.24. The second-order valence-electron chi connectivity index (χ2n) is 7.37. The molecule has 1 saturated carbocycles. The van der Waals surface area contributed by atoms with E-state index >= 15 is 0 Å². The molecular weight excluding hydrogens is 324 g/mol. The summed E-state index contributed by atoms with van der Waals surface area (Å²) in [6, 6.07) is 18.4. The highest BCUT2D eigenvalue weighted by Gasteiger charge is 2.20. The Hall–Kier alpha value is -1.88. The molecule has 0 bridgehead atoms. The first-order valence-corrected chi connectivity index (χ1v) is 9.52. The number of hydrogen-bond donors (Lipinski definition) is 2. The maximum atomic E-state index is 10.2. The Kier molecular flexibility index (Phi) is 7.06. The lowest BCUT2D eigenvalue weighted by Crippen LogP contribution is -2.32. The highest BCUT2D eigenvalue weighted by molar-refractivity contribution is 5.27. The quantitative estimate of drug-likeness (QED) is 0.651. The van der Waals surface area contributed by atoms with Crippen molar-refractivity contribution in [2.75, 3.05) is 26.7 Å². The Balaban J connectivity index is 1.34. The molecule has 3 rings (SSSR count). The number of nitrogens with zero attached hydrogens (tertiary/aromatic N) is 1. The molecule has 0 heterocycles. The highest BCUT2D eigenvalue weighted by atomic mass is 16.5. The predicted molar refractivity (Wildman–Crippen MR) is 105 cm³/mol. The molecule has 4 nitrogen and oxygen atoms in total. The van der Waals surface area contributed by atoms with Crippen LogP contribution in [0.5, 0.6) is 5.75 Å². The minimum atomic E-state index is -0.511. The van der Waals surface area contributed by atoms with Crippen molar-refractivity contribution >= 4 is 0 Å². The van der Waals surface area contributed by atoms with Gasteiger partial charge in [0.25, 0.3) is 0 Å². The lowest BCUT2D eigenvalue weighted by atomic mass is 10.2. The average molecular weight is 354 g/mol. The first-order valence-electron chi connectivity index (χ1n) is 9.52. The van der Waals surface area contributed by atoms with Crippen molar-refractivity contribution in [3.8, 4) is 5.75 Å². The van der Waals surface area contributed by atoms with Gasteiger partial charge in [0.05, 0.1) is 0 Å². The summed E-state index contributed by atoms with van der Waals surface area (Å²) in [4.78, 5) is 2.11. The van der Waals surface area contributed by atoms with E-state index in [0.29, 0.717) is 13.2 Å². The van der Waals surface area contributed by atoms with Crippen LogP contribution in [-0.2, 0) is 13.1 Å². The van der Waals surface area contributed by atoms with Crippen LogP contribution in [0.15, 0.2) is 54.6 Å². The van der Waals surface area contributed by atoms with Crippen molar-refractivity contribution in [3.63, 3.8) is 0 Å². The number of benzene rings is 2. The molecule has 140 valence electrons. The molecular formula is C22H30N2O2. The maximum absolute atomic E-state index is 10.2. The van der Waals surface area contributed by atoms with Crippen LogP contribution < -0.4 is 10.1 Å². The van der Waals surface area contributed by atoms with Crippen LogP contribution in [0.25, 0.3) is 0 Å². The summed E-state index contributed by atoms with van der Waals surface area (Å²) >= 11 is 0. The van der Waals surface area contributed by atoms with Gasteiger partial charge in [-0.2, -0.15) is 0 Å². The summed E-state index contributed by atoms with van der Waals surface area (Å²) in [7, 11) is 2.01. The first-order chi connectivity index (χ1) is 12.7. The lowest BCUT2D eigenvalue weighted by molar-refractivity contribution is 0.0744. The molecule has 0 aliphatic heterocycles. The van der Waals surface area contributed by atoms with E-state index in [1.807, 2.05) is 37.4 Å². The summed E-state index contributed by atoms with van der Waals surface area (Å²) in [5.41, 5.74) is 2.51. The molecule has 2 N–H and O–H groups in total. The molecule has 1 aliphatic carbocycles. The van der Waals surface area contributed by atoms with Crippen molar-refractivity contribution in [2.24, 2.45) is 5.92 Å². The average Bonchev–Trinajstić information content (AvgIpc) is 3.46. The van der Waals surface area contributed by atoms with Gasteiger partial charge in [-0.15, -0.1) is 0 Å². The van der Waals surface area contributed by atoms with Gasteiger partial charge in [-0.1, -0.05) is 42.5 Å². The summed E-state index contributed by atoms with van der Waals surface area (Å²) in [6.45, 7) is 3.74. The van der Waals surface area contributed by atoms with E-state index in [-0.39, 0.29) is 0 Å². The molecule has 0 spiro atoms. The molecule has 0 radical (unpaired) electrons. The van der Waals surface area contributed by atoms with Gasteiger partial charge in [0, 0.05) is 19.6 Å². The number of rotatable bonds is 11. The Labute approximate surface area is 156 Å². The molecule has 1 fully saturated rings. The number of nitrogens with one attached hydrogen (secondary N) is 1. The largest absolute Gasteiger partial charge is 0.491 e. The monoisotopic (exact) mass is 354 g/mol. The van der Waals surface area contributed by atoms with Gasteiger partial charge in [-0.25, -0.2) is 0 Å². The summed E-state index contributed by atoms with van der Waals surface area (Å²) < 4.78 is 5.73. The summed E-state index contributed by atoms with van der Waals surface area (Å²) in [5, 5.41) is 13.7. The van der Waals surface area contributed by atoms with Crippen molar-refractivity contribution in [2.45, 2.75) is 32.0 Å². The normalized spacial score (nSPS) is 15.2. The molecule has 2 aromatic rings. The molecule has 2 aromatic carbocycles. The van der Waals surface area contributed by atoms with Gasteiger partial charge in [-0.05, 0) is 55.6 Å². The molecule has 0 amide bonds. The molecule has 1 atom stereocenters. The van der Waals surface area contributed by atoms with Gasteiger partial charge < -0.3 is 15.2 Å². The third-order valence-corrected chi connectivity index (χ3v) is 4.64. The zero-order valence-electron chi connectivity index (χ0n) is 15.6. The molecule has 0 saturated heterocycles. The number of hydrogen-bond acceptors (Lipinski definition) is 4. The third kappa shape index (κ3) is 6.79. The molecule has 0 aromatic heterocycles. The van der Waals surface area contributed by atoms with E-state index in [1.165, 1.54) is 24.0 Å². The SMILES string of the molecule is CN(Cc1ccccc1)CC(O)COc1ccc(CNCC2CC2)cc1. The van der Waals surface area contributed by atoms with Crippen LogP contribution >= 0.6 is 0 Å². The lowest BCUT2D eigenvalue weighted by Gasteiger charge is -2.21. The van der Waals surface area contributed by atoms with Crippen LogP contribution in [0.4, 0.5) is 0 Å². The van der Waals surface area contributed by atoms with Crippen LogP contribution in [0, 0.1) is 5.92 Å². The highest BCUT2D eigenvalue weighted by Crippen LogP contribution is 2.27. The maximum Gasteiger partial charge on any atom is 0.119 e. The second-order valence-corrected chi connectivity index (χ2v) is 7.37. The van der Waals surface area contributed by atoms with E-state index in [2.05, 4.69) is 34.5 Å². The minimum absolute atomic E-state index is 0.304. The number of aliphatic hydroxyl groups excluding tert-OH is 1. The molecule has 26 heavy (non-hydrogen) atoms. The van der Waals surface area contributed by atoms with E-state index in [9.17, 15) is 5.11 Å². The second kappa shape index (κ2) is 9.72. The Bertz CT molecular complexity index is 641. The number of likely N-dealkylation sites (N-methyl/N-ethyl adjacent to an activating group) is 1. The number of ether oxygens (including phenoxy) is 1. The Morgan fingerprint density at radius 1 is 1.08 bits per heavy atom. The zero-order valence-corrected chi connectivity index (χ0v) is 15.6. The van der Waals surface area contributed by atoms with Crippen molar-refractivity contribution in [1.29, 1.82) is 0 Å². The van der Waals surface area contributed by atoms with E-state index in [1.54, 1.807) is 0 Å². The first kappa shape index (κ1) is 18.9. The van der Waals surface area contributed by atoms with E-state index in [4.69, 9.17) is 4.74 Å². The smallest absolute Gasteiger partial charge is 0.119 e. The van der Waals surface area contributed by atoms with Gasteiger partial charge in [0.15, 0.2) is 0 Å². The molecule has 1 aliphatic rings. The van der Waals surface area contributed by atoms with Gasteiger partial charge in [-0.3, -0.25) is 4.90 Å². The van der Waals surface area contributed by atoms with Gasteiger partial charge in [0.2, 0.25) is 0 Å². The zero-order chi connectivity index (χ0) is 18.2. The van der Waals surface area contributed by atoms with Crippen LogP contribution in [-0.4, -0.2) is 42.9 Å². The number of aliphatic hydroxyl groups is 1. The van der Waals surface area contributed by atoms with Crippen molar-refractivity contribution < 1.29 is 9.84 Å². The topological polar surface area (TPSA) is 44.7 Å². The Morgan fingerprint density at radius 2 is 1.81 bits per heavy atom. The van der Waals surface area contributed by atoms with Crippen LogP contribution in [0.3, 0.4) is 0 Å². The van der Waals surface area contributed by atoms with Crippen LogP contribution in [0.2, 0.25) is 0 Å². The predicted octanol–water partition coefficient (Wildman–Crippen LogP) is 3.06. The minimum Gasteiger partial charge on any atom is -0.491 e. The molecule has 1 unspecified atom stereocenters. The standard InChI is InChI=1S/C22H30N2O2/c1-24(15-20-5-3-2-4-6-20)16-21(25)17-26-22-11-9-19(10-12-22)14-23-13-18-7-8-18/h2-6,9-12,18,21,23,25H,7-8,13-17H2,1H3.